The molecule has 1 heterocycles. The minimum absolute atomic E-state index is 0.172. The summed E-state index contributed by atoms with van der Waals surface area (Å²) in [6.45, 7) is -3.13. The largest absolute Gasteiger partial charge is 0.497 e. The van der Waals surface area contributed by atoms with Gasteiger partial charge in [-0.3, -0.25) is 14.3 Å². The zero-order valence-corrected chi connectivity index (χ0v) is 21.9. The summed E-state index contributed by atoms with van der Waals surface area (Å²) in [6.07, 6.45) is -4.85. The average molecular weight is 599 g/mol. The van der Waals surface area contributed by atoms with E-state index in [4.69, 9.17) is 9.47 Å². The van der Waals surface area contributed by atoms with Crippen molar-refractivity contribution in [3.05, 3.63) is 87.7 Å². The number of halogens is 7. The van der Waals surface area contributed by atoms with E-state index in [1.54, 1.807) is 0 Å². The molecule has 0 saturated heterocycles. The molecule has 4 aromatic rings. The first kappa shape index (κ1) is 30.0. The van der Waals surface area contributed by atoms with Crippen molar-refractivity contribution in [3.63, 3.8) is 0 Å². The fourth-order valence-corrected chi connectivity index (χ4v) is 4.15. The molecule has 0 spiro atoms. The zero-order chi connectivity index (χ0) is 30.9. The molecule has 42 heavy (non-hydrogen) atoms. The van der Waals surface area contributed by atoms with Crippen molar-refractivity contribution >= 4 is 11.6 Å². The van der Waals surface area contributed by atoms with Crippen LogP contribution in [0.25, 0.3) is 16.9 Å². The molecule has 8 nitrogen and oxygen atoms in total. The lowest BCUT2D eigenvalue weighted by Gasteiger charge is -2.15. The Bertz CT molecular complexity index is 1670. The molecule has 0 aliphatic rings. The van der Waals surface area contributed by atoms with Gasteiger partial charge < -0.3 is 19.5 Å². The van der Waals surface area contributed by atoms with Crippen molar-refractivity contribution in [3.8, 4) is 34.2 Å². The van der Waals surface area contributed by atoms with Gasteiger partial charge in [-0.2, -0.15) is 22.0 Å². The number of carbonyl (C=O) groups excluding carboxylic acids is 1. The Balaban J connectivity index is 1.94. The fourth-order valence-electron chi connectivity index (χ4n) is 4.15. The van der Waals surface area contributed by atoms with E-state index >= 15 is 8.78 Å². The van der Waals surface area contributed by atoms with Crippen LogP contribution in [0.4, 0.5) is 36.4 Å². The summed E-state index contributed by atoms with van der Waals surface area (Å²) in [5, 5.41) is 2.24. The molecule has 1 aromatic heterocycles. The number of alkyl halides is 5. The highest BCUT2D eigenvalue weighted by molar-refractivity contribution is 6.06. The summed E-state index contributed by atoms with van der Waals surface area (Å²) in [7, 11) is 3.40. The second kappa shape index (κ2) is 11.5. The maximum absolute atomic E-state index is 15.2. The van der Waals surface area contributed by atoms with E-state index in [1.807, 2.05) is 0 Å². The smallest absolute Gasteiger partial charge is 0.416 e. The van der Waals surface area contributed by atoms with Crippen LogP contribution in [0, 0.1) is 11.6 Å². The third-order valence-corrected chi connectivity index (χ3v) is 6.03. The van der Waals surface area contributed by atoms with Gasteiger partial charge in [0.25, 0.3) is 11.5 Å². The molecule has 222 valence electrons. The third-order valence-electron chi connectivity index (χ3n) is 6.03. The van der Waals surface area contributed by atoms with Gasteiger partial charge in [0.1, 0.15) is 40.3 Å². The van der Waals surface area contributed by atoms with E-state index in [9.17, 15) is 31.5 Å². The lowest BCUT2D eigenvalue weighted by atomic mass is 10.1. The van der Waals surface area contributed by atoms with E-state index < -0.39 is 64.1 Å². The molecule has 4 rings (SSSR count). The number of rotatable bonds is 8. The van der Waals surface area contributed by atoms with Crippen LogP contribution in [0.3, 0.4) is 0 Å². The van der Waals surface area contributed by atoms with Gasteiger partial charge in [0.05, 0.1) is 31.0 Å². The first-order valence-corrected chi connectivity index (χ1v) is 11.7. The summed E-state index contributed by atoms with van der Waals surface area (Å²) in [5.41, 5.74) is -4.97. The highest BCUT2D eigenvalue weighted by Gasteiger charge is 2.33. The Morgan fingerprint density at radius 3 is 1.98 bits per heavy atom. The van der Waals surface area contributed by atoms with Crippen LogP contribution >= 0.6 is 0 Å². The molecule has 0 atom stereocenters. The fraction of sp³-hybridized carbons (Fsp3) is 0.185. The summed E-state index contributed by atoms with van der Waals surface area (Å²) in [6, 6.07) is 8.25. The lowest BCUT2D eigenvalue weighted by molar-refractivity contribution is -0.137. The summed E-state index contributed by atoms with van der Waals surface area (Å²) >= 11 is 0. The van der Waals surface area contributed by atoms with Crippen LogP contribution in [-0.2, 0) is 13.2 Å². The maximum atomic E-state index is 15.2. The molecule has 0 aliphatic carbocycles. The molecule has 0 radical (unpaired) electrons. The van der Waals surface area contributed by atoms with E-state index in [1.165, 1.54) is 0 Å². The van der Waals surface area contributed by atoms with Gasteiger partial charge in [0.2, 0.25) is 0 Å². The SMILES string of the molecule is COc1cc(-n2c(=O)c(NC(=O)c3ccc(OC(F)F)cc3)c(-c3c(F)cc(OC)cc3F)n2C)cc(C(F)(F)F)c1. The zero-order valence-electron chi connectivity index (χ0n) is 21.9. The number of carbonyl (C=O) groups is 1. The first-order chi connectivity index (χ1) is 19.7. The molecule has 0 aliphatic heterocycles. The second-order valence-electron chi connectivity index (χ2n) is 8.60. The van der Waals surface area contributed by atoms with Crippen molar-refractivity contribution < 1.29 is 49.7 Å². The van der Waals surface area contributed by atoms with Crippen molar-refractivity contribution in [2.24, 2.45) is 7.05 Å². The molecule has 0 saturated carbocycles. The Morgan fingerprint density at radius 2 is 1.45 bits per heavy atom. The Hall–Kier alpha value is -4.95. The van der Waals surface area contributed by atoms with Crippen LogP contribution in [0.15, 0.2) is 59.4 Å². The number of amides is 1. The number of benzene rings is 3. The highest BCUT2D eigenvalue weighted by Crippen LogP contribution is 2.37. The Morgan fingerprint density at radius 1 is 0.881 bits per heavy atom. The van der Waals surface area contributed by atoms with E-state index in [0.717, 1.165) is 68.4 Å². The molecular weight excluding hydrogens is 579 g/mol. The molecule has 0 bridgehead atoms. The first-order valence-electron chi connectivity index (χ1n) is 11.7. The predicted molar refractivity (Wildman–Crippen MR) is 135 cm³/mol. The summed E-state index contributed by atoms with van der Waals surface area (Å²) < 4.78 is 112. The average Bonchev–Trinajstić information content (AvgIpc) is 3.16. The minimum atomic E-state index is -4.85. The molecule has 1 amide bonds. The van der Waals surface area contributed by atoms with Gasteiger partial charge in [-0.15, -0.1) is 0 Å². The highest BCUT2D eigenvalue weighted by atomic mass is 19.4. The van der Waals surface area contributed by atoms with Gasteiger partial charge in [-0.25, -0.2) is 13.5 Å². The molecule has 15 heteroatoms. The number of nitrogens with zero attached hydrogens (tertiary/aromatic N) is 2. The summed E-state index contributed by atoms with van der Waals surface area (Å²) in [5.74, 6) is -4.21. The third kappa shape index (κ3) is 5.89. The standard InChI is InChI=1S/C27H20F7N3O5/c1-36-23(21-19(28)11-18(41-3)12-20(21)29)22(35-24(38)13-4-6-16(7-5-13)42-26(30)31)25(39)37(36)15-8-14(27(32,33)34)9-17(10-15)40-2/h4-12,26H,1-3H3,(H,35,38). The van der Waals surface area contributed by atoms with E-state index in [-0.39, 0.29) is 22.8 Å². The van der Waals surface area contributed by atoms with Gasteiger partial charge in [0, 0.05) is 30.8 Å². The molecule has 0 unspecified atom stereocenters. The maximum Gasteiger partial charge on any atom is 0.416 e. The van der Waals surface area contributed by atoms with Crippen LogP contribution in [-0.4, -0.2) is 36.1 Å². The topological polar surface area (TPSA) is 83.7 Å². The number of nitrogens with one attached hydrogen (secondary N) is 1. The van der Waals surface area contributed by atoms with E-state index in [2.05, 4.69) is 10.1 Å². The van der Waals surface area contributed by atoms with Crippen LogP contribution in [0.2, 0.25) is 0 Å². The van der Waals surface area contributed by atoms with E-state index in [0.29, 0.717) is 16.8 Å². The quantitative estimate of drug-likeness (QED) is 0.251. The molecule has 3 aromatic carbocycles. The number of ether oxygens (including phenoxy) is 3. The van der Waals surface area contributed by atoms with Crippen LogP contribution in [0.1, 0.15) is 15.9 Å². The Labute approximate surface area is 232 Å². The van der Waals surface area contributed by atoms with Gasteiger partial charge in [0.15, 0.2) is 0 Å². The summed E-state index contributed by atoms with van der Waals surface area (Å²) in [4.78, 5) is 26.7. The van der Waals surface area contributed by atoms with Crippen LogP contribution in [0.5, 0.6) is 17.2 Å². The Kier molecular flexibility index (Phi) is 8.22. The molecule has 0 fully saturated rings. The van der Waals surface area contributed by atoms with Crippen molar-refractivity contribution in [1.29, 1.82) is 0 Å². The second-order valence-corrected chi connectivity index (χ2v) is 8.60. The van der Waals surface area contributed by atoms with Gasteiger partial charge in [-0.1, -0.05) is 0 Å². The number of hydrogen-bond donors (Lipinski definition) is 1. The van der Waals surface area contributed by atoms with Gasteiger partial charge >= 0.3 is 12.8 Å². The van der Waals surface area contributed by atoms with Crippen molar-refractivity contribution in [2.45, 2.75) is 12.8 Å². The number of aromatic nitrogens is 2. The lowest BCUT2D eigenvalue weighted by Crippen LogP contribution is -2.23. The van der Waals surface area contributed by atoms with Crippen molar-refractivity contribution in [2.75, 3.05) is 19.5 Å². The predicted octanol–water partition coefficient (Wildman–Crippen LogP) is 6.01. The van der Waals surface area contributed by atoms with Crippen molar-refractivity contribution in [1.82, 2.24) is 9.36 Å². The number of anilines is 1. The molecule has 1 N–H and O–H groups in total. The van der Waals surface area contributed by atoms with Gasteiger partial charge in [-0.05, 0) is 36.4 Å². The number of hydrogen-bond acceptors (Lipinski definition) is 5. The van der Waals surface area contributed by atoms with Crippen LogP contribution < -0.4 is 25.1 Å². The number of methoxy groups -OCH3 is 2. The monoisotopic (exact) mass is 599 g/mol. The molecular formula is C27H20F7N3O5. The minimum Gasteiger partial charge on any atom is -0.497 e. The normalized spacial score (nSPS) is 11.5.